The van der Waals surface area contributed by atoms with Gasteiger partial charge in [0.25, 0.3) is 5.69 Å². The number of hydrogen-bond acceptors (Lipinski definition) is 4. The van der Waals surface area contributed by atoms with E-state index in [0.717, 1.165) is 94.2 Å². The molecule has 0 saturated heterocycles. The Morgan fingerprint density at radius 2 is 0.966 bits per heavy atom. The number of aromatic nitrogens is 2. The van der Waals surface area contributed by atoms with Crippen LogP contribution in [0.2, 0.25) is 0 Å². The summed E-state index contributed by atoms with van der Waals surface area (Å²) in [7, 11) is 0. The van der Waals surface area contributed by atoms with E-state index in [1.807, 2.05) is 48.5 Å². The fourth-order valence-corrected chi connectivity index (χ4v) is 9.63. The largest absolute Gasteiger partial charge is 0.440 e. The van der Waals surface area contributed by atoms with Crippen LogP contribution < -0.4 is 0 Å². The summed E-state index contributed by atoms with van der Waals surface area (Å²) < 4.78 is 11.9. The summed E-state index contributed by atoms with van der Waals surface area (Å²) in [6, 6.07) is 42.1. The minimum Gasteiger partial charge on any atom is -0.440 e. The van der Waals surface area contributed by atoms with E-state index in [4.69, 9.17) is 4.74 Å². The Bertz CT molecular complexity index is 2430. The van der Waals surface area contributed by atoms with Gasteiger partial charge in [-0.1, -0.05) is 181 Å². The number of para-hydroxylation sites is 2. The third kappa shape index (κ3) is 7.37. The Labute approximate surface area is 347 Å². The number of rotatable bonds is 19. The highest BCUT2D eigenvalue weighted by molar-refractivity contribution is 6.06. The summed E-state index contributed by atoms with van der Waals surface area (Å²) in [6.45, 7) is 5.97. The van der Waals surface area contributed by atoms with Crippen molar-refractivity contribution < 1.29 is 14.5 Å². The maximum absolute atomic E-state index is 14.7. The highest BCUT2D eigenvalue weighted by Gasteiger charge is 2.58. The maximum atomic E-state index is 14.7. The molecule has 0 amide bonds. The zero-order valence-electron chi connectivity index (χ0n) is 34.5. The monoisotopic (exact) mass is 785 g/mol. The van der Waals surface area contributed by atoms with E-state index >= 15 is 0 Å². The van der Waals surface area contributed by atoms with Crippen molar-refractivity contribution in [1.29, 1.82) is 0 Å². The van der Waals surface area contributed by atoms with E-state index < -0.39 is 11.6 Å². The van der Waals surface area contributed by atoms with Crippen molar-refractivity contribution >= 4 is 33.5 Å². The number of esters is 1. The van der Waals surface area contributed by atoms with E-state index in [1.165, 1.54) is 57.4 Å². The average molecular weight is 786 g/mol. The lowest BCUT2D eigenvalue weighted by Crippen LogP contribution is -2.32. The van der Waals surface area contributed by atoms with Crippen LogP contribution in [0.25, 0.3) is 44.3 Å². The lowest BCUT2D eigenvalue weighted by atomic mass is 9.75. The van der Waals surface area contributed by atoms with E-state index in [1.54, 1.807) is 12.1 Å². The van der Waals surface area contributed by atoms with Crippen LogP contribution in [0, 0.1) is 10.1 Å². The molecule has 0 saturated carbocycles. The lowest BCUT2D eigenvalue weighted by molar-refractivity contribution is -0.386. The van der Waals surface area contributed by atoms with Crippen molar-refractivity contribution in [3.63, 3.8) is 0 Å². The molecule has 0 fully saturated rings. The van der Waals surface area contributed by atoms with Crippen LogP contribution in [0.3, 0.4) is 0 Å². The first kappa shape index (κ1) is 39.9. The lowest BCUT2D eigenvalue weighted by Gasteiger charge is -2.32. The van der Waals surface area contributed by atoms with Gasteiger partial charge in [0.1, 0.15) is 0 Å². The van der Waals surface area contributed by atoms with Gasteiger partial charge < -0.3 is 13.9 Å². The van der Waals surface area contributed by atoms with Crippen LogP contribution in [0.15, 0.2) is 127 Å². The Hall–Kier alpha value is -5.95. The molecule has 0 bridgehead atoms. The topological polar surface area (TPSA) is 79.3 Å². The number of aryl methyl sites for hydroxylation is 2. The molecule has 59 heavy (non-hydrogen) atoms. The molecule has 0 aliphatic carbocycles. The molecule has 1 aliphatic heterocycles. The molecule has 0 N–H and O–H groups in total. The van der Waals surface area contributed by atoms with Gasteiger partial charge in [0.05, 0.1) is 27.4 Å². The second kappa shape index (κ2) is 17.9. The Morgan fingerprint density at radius 3 is 1.44 bits per heavy atom. The number of unbranched alkanes of at least 4 members (excludes halogenated alkanes) is 10. The van der Waals surface area contributed by atoms with Crippen molar-refractivity contribution in [3.05, 3.63) is 160 Å². The predicted octanol–water partition coefficient (Wildman–Crippen LogP) is 14.0. The average Bonchev–Trinajstić information content (AvgIpc) is 3.89. The smallest absolute Gasteiger partial charge is 0.340 e. The molecule has 302 valence electrons. The van der Waals surface area contributed by atoms with Crippen molar-refractivity contribution in [2.75, 3.05) is 0 Å². The molecule has 1 aliphatic rings. The number of nitrogens with zero attached hydrogens (tertiary/aromatic N) is 3. The summed E-state index contributed by atoms with van der Waals surface area (Å²) in [5.41, 5.74) is 5.94. The molecule has 8 rings (SSSR count). The summed E-state index contributed by atoms with van der Waals surface area (Å²) >= 11 is 0. The van der Waals surface area contributed by atoms with Gasteiger partial charge in [-0.3, -0.25) is 10.1 Å². The zero-order chi connectivity index (χ0) is 40.8. The van der Waals surface area contributed by atoms with Gasteiger partial charge in [0, 0.05) is 52.1 Å². The zero-order valence-corrected chi connectivity index (χ0v) is 34.5. The highest BCUT2D eigenvalue weighted by atomic mass is 16.6. The van der Waals surface area contributed by atoms with E-state index in [-0.39, 0.29) is 21.7 Å². The van der Waals surface area contributed by atoms with Crippen molar-refractivity contribution in [3.8, 4) is 22.5 Å². The number of fused-ring (bicyclic) bond motifs is 3. The quantitative estimate of drug-likeness (QED) is 0.0354. The van der Waals surface area contributed by atoms with E-state index in [2.05, 4.69) is 83.6 Å². The summed E-state index contributed by atoms with van der Waals surface area (Å²) in [5, 5.41) is 15.2. The van der Waals surface area contributed by atoms with Crippen molar-refractivity contribution in [2.45, 2.75) is 110 Å². The minimum atomic E-state index is -1.70. The fraction of sp³-hybridized carbons (Fsp3) is 0.327. The summed E-state index contributed by atoms with van der Waals surface area (Å²) in [6.07, 6.45) is 13.7. The van der Waals surface area contributed by atoms with Crippen LogP contribution >= 0.6 is 0 Å². The second-order valence-corrected chi connectivity index (χ2v) is 16.1. The molecule has 0 atom stereocenters. The molecule has 3 heterocycles. The predicted molar refractivity (Wildman–Crippen MR) is 240 cm³/mol. The minimum absolute atomic E-state index is 0.133. The standard InChI is InChI=1S/C52H55N3O4/c1-3-5-7-9-11-23-36-53-43-33-21-19-30-40(43)47(49(53)38-26-15-13-16-27-38)52(46-42(51(56)59-52)32-25-35-45(46)55(57)58)48-41-31-20-22-34-44(41)54(37-24-12-10-8-6-4-2)50(48)39-28-17-14-18-29-39/h13-22,25-35H,3-12,23-24,36-37H2,1-2H3. The van der Waals surface area contributed by atoms with Crippen LogP contribution in [0.1, 0.15) is 118 Å². The number of carbonyl (C=O) groups excluding carboxylic acids is 1. The Morgan fingerprint density at radius 1 is 0.525 bits per heavy atom. The van der Waals surface area contributed by atoms with Gasteiger partial charge in [-0.05, 0) is 42.2 Å². The van der Waals surface area contributed by atoms with Gasteiger partial charge >= 0.3 is 5.97 Å². The van der Waals surface area contributed by atoms with E-state index in [0.29, 0.717) is 0 Å². The van der Waals surface area contributed by atoms with Gasteiger partial charge in [-0.15, -0.1) is 0 Å². The highest BCUT2D eigenvalue weighted by Crippen LogP contribution is 2.59. The molecule has 0 unspecified atom stereocenters. The maximum Gasteiger partial charge on any atom is 0.340 e. The molecule has 7 nitrogen and oxygen atoms in total. The molecular formula is C52H55N3O4. The third-order valence-corrected chi connectivity index (χ3v) is 12.3. The number of hydrogen-bond donors (Lipinski definition) is 0. The number of ether oxygens (including phenoxy) is 1. The van der Waals surface area contributed by atoms with Crippen molar-refractivity contribution in [1.82, 2.24) is 9.13 Å². The SMILES string of the molecule is CCCCCCCCn1c(-c2ccccc2)c(C2(c3c(-c4ccccc4)n(CCCCCCCC)c4ccccc34)OC(=O)c3cccc([N+](=O)[O-])c32)c2ccccc21. The number of carbonyl (C=O) groups is 1. The van der Waals surface area contributed by atoms with Crippen LogP contribution in [0.4, 0.5) is 5.69 Å². The summed E-state index contributed by atoms with van der Waals surface area (Å²) in [4.78, 5) is 27.8. The first-order valence-corrected chi connectivity index (χ1v) is 21.9. The first-order chi connectivity index (χ1) is 29.0. The van der Waals surface area contributed by atoms with E-state index in [9.17, 15) is 14.9 Å². The van der Waals surface area contributed by atoms with Crippen LogP contribution in [0.5, 0.6) is 0 Å². The molecule has 0 spiro atoms. The van der Waals surface area contributed by atoms with Gasteiger partial charge in [-0.2, -0.15) is 0 Å². The third-order valence-electron chi connectivity index (χ3n) is 12.3. The van der Waals surface area contributed by atoms with Crippen LogP contribution in [-0.2, 0) is 23.4 Å². The van der Waals surface area contributed by atoms with Crippen molar-refractivity contribution in [2.24, 2.45) is 0 Å². The molecule has 0 radical (unpaired) electrons. The molecular weight excluding hydrogens is 731 g/mol. The normalized spacial score (nSPS) is 13.3. The van der Waals surface area contributed by atoms with Gasteiger partial charge in [-0.25, -0.2) is 4.79 Å². The molecule has 2 aromatic heterocycles. The van der Waals surface area contributed by atoms with Crippen LogP contribution in [-0.4, -0.2) is 20.0 Å². The Balaban J connectivity index is 1.50. The fourth-order valence-electron chi connectivity index (χ4n) is 9.63. The molecule has 7 aromatic rings. The first-order valence-electron chi connectivity index (χ1n) is 21.9. The summed E-state index contributed by atoms with van der Waals surface area (Å²) in [5.74, 6) is -0.567. The van der Waals surface area contributed by atoms with Gasteiger partial charge in [0.15, 0.2) is 0 Å². The Kier molecular flexibility index (Phi) is 12.1. The number of benzene rings is 5. The number of nitro benzene ring substituents is 1. The molecule has 5 aromatic carbocycles. The number of nitro groups is 1. The number of cyclic esters (lactones) is 1. The van der Waals surface area contributed by atoms with Gasteiger partial charge in [0.2, 0.25) is 5.60 Å². The molecule has 7 heteroatoms. The second-order valence-electron chi connectivity index (χ2n) is 16.1.